The van der Waals surface area contributed by atoms with Gasteiger partial charge in [0.05, 0.1) is 17.2 Å². The molecule has 56 heavy (non-hydrogen) atoms. The zero-order valence-corrected chi connectivity index (χ0v) is 31.9. The van der Waals surface area contributed by atoms with Crippen LogP contribution in [0.2, 0.25) is 0 Å². The number of piperidine rings is 1. The molecule has 3 saturated heterocycles. The van der Waals surface area contributed by atoms with Crippen LogP contribution in [0.15, 0.2) is 60.7 Å². The van der Waals surface area contributed by atoms with Gasteiger partial charge in [-0.3, -0.25) is 24.6 Å². The Morgan fingerprint density at radius 3 is 2.25 bits per heavy atom. The number of alkyl halides is 3. The first-order chi connectivity index (χ1) is 27.0. The highest BCUT2D eigenvalue weighted by Gasteiger charge is 2.35. The minimum atomic E-state index is -4.56. The number of carbonyl (C=O) groups is 3. The lowest BCUT2D eigenvalue weighted by molar-refractivity contribution is -0.137. The Morgan fingerprint density at radius 1 is 0.893 bits per heavy atom. The van der Waals surface area contributed by atoms with Crippen molar-refractivity contribution in [2.45, 2.75) is 70.1 Å². The second kappa shape index (κ2) is 17.0. The summed E-state index contributed by atoms with van der Waals surface area (Å²) in [6.45, 7) is 10.9. The number of nitrogens with zero attached hydrogens (tertiary/aromatic N) is 6. The molecule has 4 aliphatic heterocycles. The summed E-state index contributed by atoms with van der Waals surface area (Å²) >= 11 is 0. The Labute approximate surface area is 326 Å². The normalized spacial score (nSPS) is 19.9. The smallest absolute Gasteiger partial charge is 0.371 e. The molecule has 2 unspecified atom stereocenters. The van der Waals surface area contributed by atoms with Crippen LogP contribution in [0.4, 0.5) is 30.2 Å². The number of amides is 3. The molecule has 10 nitrogen and oxygen atoms in total. The number of benzene rings is 3. The molecule has 4 aliphatic rings. The van der Waals surface area contributed by atoms with Crippen molar-refractivity contribution >= 4 is 35.3 Å². The molecule has 0 radical (unpaired) electrons. The van der Waals surface area contributed by atoms with Gasteiger partial charge in [0.1, 0.15) is 0 Å². The number of anilines is 3. The van der Waals surface area contributed by atoms with E-state index in [4.69, 9.17) is 5.26 Å². The number of halogens is 3. The molecule has 7 rings (SSSR count). The average Bonchev–Trinajstić information content (AvgIpc) is 3.83. The molecule has 3 fully saturated rings. The summed E-state index contributed by atoms with van der Waals surface area (Å²) in [5.74, 6) is 0.672. The second-order valence-electron chi connectivity index (χ2n) is 15.8. The van der Waals surface area contributed by atoms with E-state index < -0.39 is 11.7 Å². The number of rotatable bonds is 12. The van der Waals surface area contributed by atoms with Gasteiger partial charge in [-0.2, -0.15) is 18.4 Å². The molecule has 3 aromatic carbocycles. The Kier molecular flexibility index (Phi) is 11.9. The lowest BCUT2D eigenvalue weighted by Crippen LogP contribution is -2.47. The topological polar surface area (TPSA) is 103 Å². The van der Waals surface area contributed by atoms with Gasteiger partial charge in [-0.05, 0) is 117 Å². The highest BCUT2D eigenvalue weighted by Crippen LogP contribution is 2.37. The molecule has 4 heterocycles. The molecular weight excluding hydrogens is 720 g/mol. The Balaban J connectivity index is 0.829. The van der Waals surface area contributed by atoms with Crippen molar-refractivity contribution in [1.29, 1.82) is 5.26 Å². The molecule has 0 aliphatic carbocycles. The first kappa shape index (κ1) is 39.2. The molecule has 0 spiro atoms. The zero-order valence-electron chi connectivity index (χ0n) is 31.9. The minimum absolute atomic E-state index is 0.00558. The van der Waals surface area contributed by atoms with Crippen LogP contribution in [0.3, 0.4) is 0 Å². The van der Waals surface area contributed by atoms with Gasteiger partial charge in [-0.15, -0.1) is 0 Å². The predicted molar refractivity (Wildman–Crippen MR) is 210 cm³/mol. The Hall–Kier alpha value is -5.09. The van der Waals surface area contributed by atoms with Gasteiger partial charge in [0, 0.05) is 94.0 Å². The van der Waals surface area contributed by atoms with Gasteiger partial charge in [0.25, 0.3) is 5.91 Å². The van der Waals surface area contributed by atoms with Crippen molar-refractivity contribution in [3.8, 4) is 6.07 Å². The number of nitriles is 1. The quantitative estimate of drug-likeness (QED) is 0.212. The van der Waals surface area contributed by atoms with E-state index in [-0.39, 0.29) is 29.8 Å². The van der Waals surface area contributed by atoms with E-state index in [1.54, 1.807) is 12.1 Å². The number of piperazine rings is 1. The fraction of sp³-hybridized carbons (Fsp3) is 0.488. The van der Waals surface area contributed by atoms with Crippen LogP contribution in [0.25, 0.3) is 0 Å². The van der Waals surface area contributed by atoms with Crippen molar-refractivity contribution in [2.75, 3.05) is 73.6 Å². The molecular formula is C43H50F3N7O3. The standard InChI is InChI=1S/C43H50F3N7O3/c1-30(2-11-41(55)48-29-54)53-28-35-24-37(9-10-39(35)42(53)56)51-22-20-49(21-23-51)16-12-31-13-17-52(27-31)36-6-3-32(4-7-36)33-14-18-50(19-15-33)38-8-5-34(26-47)40(25-38)43(44,45)46/h3-10,24-25,29-31,33H,2,11-23,27-28H2,1H3,(H,48,54,55). The van der Waals surface area contributed by atoms with Gasteiger partial charge in [-0.25, -0.2) is 0 Å². The maximum absolute atomic E-state index is 13.5. The van der Waals surface area contributed by atoms with Crippen molar-refractivity contribution in [2.24, 2.45) is 5.92 Å². The van der Waals surface area contributed by atoms with Crippen LogP contribution in [-0.4, -0.2) is 93.0 Å². The van der Waals surface area contributed by atoms with Crippen LogP contribution in [0.1, 0.15) is 84.0 Å². The summed E-state index contributed by atoms with van der Waals surface area (Å²) in [6, 6.07) is 20.6. The van der Waals surface area contributed by atoms with E-state index in [0.717, 1.165) is 81.5 Å². The first-order valence-corrected chi connectivity index (χ1v) is 19.9. The molecule has 1 N–H and O–H groups in total. The summed E-state index contributed by atoms with van der Waals surface area (Å²) in [5, 5.41) is 11.3. The summed E-state index contributed by atoms with van der Waals surface area (Å²) in [5.41, 5.74) is 4.72. The van der Waals surface area contributed by atoms with Crippen LogP contribution >= 0.6 is 0 Å². The molecule has 3 aromatic rings. The maximum atomic E-state index is 13.5. The van der Waals surface area contributed by atoms with Crippen molar-refractivity contribution in [3.05, 3.63) is 88.5 Å². The molecule has 2 atom stereocenters. The van der Waals surface area contributed by atoms with Crippen LogP contribution in [0, 0.1) is 17.2 Å². The van der Waals surface area contributed by atoms with E-state index in [9.17, 15) is 27.6 Å². The van der Waals surface area contributed by atoms with Crippen molar-refractivity contribution < 1.29 is 27.6 Å². The number of nitrogens with one attached hydrogen (secondary N) is 1. The Morgan fingerprint density at radius 2 is 1.55 bits per heavy atom. The second-order valence-corrected chi connectivity index (χ2v) is 15.8. The number of carbonyl (C=O) groups excluding carboxylic acids is 3. The maximum Gasteiger partial charge on any atom is 0.417 e. The van der Waals surface area contributed by atoms with E-state index in [1.807, 2.05) is 22.8 Å². The molecule has 3 amide bonds. The van der Waals surface area contributed by atoms with Crippen LogP contribution < -0.4 is 20.0 Å². The summed E-state index contributed by atoms with van der Waals surface area (Å²) < 4.78 is 40.5. The molecule has 0 saturated carbocycles. The van der Waals surface area contributed by atoms with E-state index in [0.29, 0.717) is 50.0 Å². The zero-order chi connectivity index (χ0) is 39.4. The van der Waals surface area contributed by atoms with Gasteiger partial charge >= 0.3 is 6.18 Å². The van der Waals surface area contributed by atoms with Gasteiger partial charge < -0.3 is 19.6 Å². The fourth-order valence-electron chi connectivity index (χ4n) is 8.90. The average molecular weight is 770 g/mol. The third-order valence-electron chi connectivity index (χ3n) is 12.4. The van der Waals surface area contributed by atoms with Gasteiger partial charge in [0.15, 0.2) is 0 Å². The summed E-state index contributed by atoms with van der Waals surface area (Å²) in [7, 11) is 0. The third-order valence-corrected chi connectivity index (χ3v) is 12.4. The van der Waals surface area contributed by atoms with Gasteiger partial charge in [-0.1, -0.05) is 12.1 Å². The highest BCUT2D eigenvalue weighted by molar-refractivity contribution is 5.99. The van der Waals surface area contributed by atoms with Crippen molar-refractivity contribution in [3.63, 3.8) is 0 Å². The van der Waals surface area contributed by atoms with Crippen LogP contribution in [-0.2, 0) is 22.3 Å². The fourth-order valence-corrected chi connectivity index (χ4v) is 8.90. The summed E-state index contributed by atoms with van der Waals surface area (Å²) in [4.78, 5) is 46.6. The summed E-state index contributed by atoms with van der Waals surface area (Å²) in [6.07, 6.45) is 0.599. The van der Waals surface area contributed by atoms with E-state index in [1.165, 1.54) is 30.2 Å². The molecule has 296 valence electrons. The number of hydrogen-bond donors (Lipinski definition) is 1. The SMILES string of the molecule is CC(CCC(=O)NC=O)N1Cc2cc(N3CCN(CCC4CCN(c5ccc(C6CCN(c7ccc(C#N)c(C(F)(F)F)c7)CC6)cc5)C4)CC3)ccc2C1=O. The van der Waals surface area contributed by atoms with Crippen molar-refractivity contribution in [1.82, 2.24) is 15.1 Å². The Bertz CT molecular complexity index is 1930. The lowest BCUT2D eigenvalue weighted by atomic mass is 9.89. The third kappa shape index (κ3) is 8.81. The van der Waals surface area contributed by atoms with Crippen LogP contribution in [0.5, 0.6) is 0 Å². The monoisotopic (exact) mass is 769 g/mol. The molecule has 0 aromatic heterocycles. The van der Waals surface area contributed by atoms with E-state index >= 15 is 0 Å². The number of hydrogen-bond acceptors (Lipinski definition) is 8. The predicted octanol–water partition coefficient (Wildman–Crippen LogP) is 6.40. The van der Waals surface area contributed by atoms with E-state index in [2.05, 4.69) is 56.4 Å². The number of imide groups is 1. The highest BCUT2D eigenvalue weighted by atomic mass is 19.4. The molecule has 0 bridgehead atoms. The first-order valence-electron chi connectivity index (χ1n) is 19.9. The largest absolute Gasteiger partial charge is 0.417 e. The lowest BCUT2D eigenvalue weighted by Gasteiger charge is -2.36. The minimum Gasteiger partial charge on any atom is -0.371 e. The number of fused-ring (bicyclic) bond motifs is 1. The molecule has 13 heteroatoms. The van der Waals surface area contributed by atoms with Gasteiger partial charge in [0.2, 0.25) is 12.3 Å².